The number of amides is 1. The maximum atomic E-state index is 13.3. The first-order chi connectivity index (χ1) is 14.3. The summed E-state index contributed by atoms with van der Waals surface area (Å²) in [5, 5.41) is 13.2. The molecule has 0 radical (unpaired) electrons. The normalized spacial score (nSPS) is 23.6. The summed E-state index contributed by atoms with van der Waals surface area (Å²) in [5.74, 6) is 1.78. The highest BCUT2D eigenvalue weighted by Crippen LogP contribution is 2.42. The summed E-state index contributed by atoms with van der Waals surface area (Å²) < 4.78 is 1.98. The molecular formula is C23H26N4O2. The second-order valence-corrected chi connectivity index (χ2v) is 8.06. The van der Waals surface area contributed by atoms with Gasteiger partial charge in [-0.25, -0.2) is 4.98 Å². The van der Waals surface area contributed by atoms with E-state index in [0.717, 1.165) is 30.7 Å². The number of benzene rings is 2. The first-order valence-corrected chi connectivity index (χ1v) is 10.4. The van der Waals surface area contributed by atoms with Gasteiger partial charge in [0.25, 0.3) is 0 Å². The van der Waals surface area contributed by atoms with E-state index >= 15 is 0 Å². The second kappa shape index (κ2) is 7.61. The lowest BCUT2D eigenvalue weighted by Crippen LogP contribution is -2.35. The third kappa shape index (κ3) is 3.22. The Kier molecular flexibility index (Phi) is 4.81. The fourth-order valence-electron chi connectivity index (χ4n) is 5.10. The van der Waals surface area contributed by atoms with Crippen LogP contribution in [0.25, 0.3) is 11.0 Å². The Bertz CT molecular complexity index is 1020. The van der Waals surface area contributed by atoms with Gasteiger partial charge in [-0.2, -0.15) is 0 Å². The number of likely N-dealkylation sites (tertiary alicyclic amines) is 1. The number of aryl methyl sites for hydroxylation is 1. The van der Waals surface area contributed by atoms with E-state index < -0.39 is 0 Å². The average molecular weight is 390 g/mol. The number of nitrogens with zero attached hydrogens (tertiary/aromatic N) is 3. The molecule has 0 bridgehead atoms. The van der Waals surface area contributed by atoms with Crippen LogP contribution in [0.4, 0.5) is 0 Å². The predicted octanol–water partition coefficient (Wildman–Crippen LogP) is 2.34. The van der Waals surface area contributed by atoms with Crippen molar-refractivity contribution in [2.75, 3.05) is 19.6 Å². The van der Waals surface area contributed by atoms with Gasteiger partial charge in [0.2, 0.25) is 5.91 Å². The smallest absolute Gasteiger partial charge is 0.224 e. The van der Waals surface area contributed by atoms with Crippen molar-refractivity contribution in [3.63, 3.8) is 0 Å². The molecule has 3 aromatic rings. The number of carbonyl (C=O) groups excluding carboxylic acids is 1. The lowest BCUT2D eigenvalue weighted by molar-refractivity contribution is -0.132. The molecule has 1 amide bonds. The molecule has 6 heteroatoms. The first-order valence-electron chi connectivity index (χ1n) is 10.4. The maximum Gasteiger partial charge on any atom is 0.224 e. The summed E-state index contributed by atoms with van der Waals surface area (Å²) >= 11 is 0. The van der Waals surface area contributed by atoms with Crippen LogP contribution in [0, 0.1) is 11.8 Å². The molecular weight excluding hydrogens is 364 g/mol. The molecule has 5 rings (SSSR count). The van der Waals surface area contributed by atoms with Gasteiger partial charge in [0.1, 0.15) is 12.4 Å². The number of para-hydroxylation sites is 2. The monoisotopic (exact) mass is 390 g/mol. The summed E-state index contributed by atoms with van der Waals surface area (Å²) in [7, 11) is 0. The van der Waals surface area contributed by atoms with Crippen LogP contribution in [0.5, 0.6) is 0 Å². The van der Waals surface area contributed by atoms with E-state index in [1.807, 2.05) is 34.9 Å². The Labute approximate surface area is 170 Å². The molecule has 6 nitrogen and oxygen atoms in total. The minimum atomic E-state index is -0.130. The molecule has 0 unspecified atom stereocenters. The summed E-state index contributed by atoms with van der Waals surface area (Å²) in [6, 6.07) is 18.4. The second-order valence-electron chi connectivity index (χ2n) is 8.06. The van der Waals surface area contributed by atoms with Gasteiger partial charge >= 0.3 is 0 Å². The number of nitrogens with one attached hydrogen (secondary N) is 1. The van der Waals surface area contributed by atoms with Gasteiger partial charge in [-0.05, 0) is 23.6 Å². The van der Waals surface area contributed by atoms with Crippen molar-refractivity contribution in [1.82, 2.24) is 19.8 Å². The molecule has 2 aromatic carbocycles. The quantitative estimate of drug-likeness (QED) is 0.702. The Morgan fingerprint density at radius 1 is 1.10 bits per heavy atom. The SMILES string of the molecule is O=C(CCn1c(CO)nc2ccccc21)N1C[C@@H]2CNC[C@@H]2[C@H]1c1ccccc1. The van der Waals surface area contributed by atoms with Crippen LogP contribution < -0.4 is 5.32 Å². The maximum absolute atomic E-state index is 13.3. The van der Waals surface area contributed by atoms with Crippen molar-refractivity contribution in [2.24, 2.45) is 11.8 Å². The number of hydrogen-bond acceptors (Lipinski definition) is 4. The van der Waals surface area contributed by atoms with E-state index in [9.17, 15) is 9.90 Å². The molecule has 0 aliphatic carbocycles. The zero-order valence-electron chi connectivity index (χ0n) is 16.4. The minimum absolute atomic E-state index is 0.130. The van der Waals surface area contributed by atoms with E-state index in [1.165, 1.54) is 5.56 Å². The number of hydrogen-bond donors (Lipinski definition) is 2. The molecule has 3 atom stereocenters. The predicted molar refractivity (Wildman–Crippen MR) is 111 cm³/mol. The molecule has 2 aliphatic rings. The molecule has 2 saturated heterocycles. The molecule has 0 saturated carbocycles. The topological polar surface area (TPSA) is 70.4 Å². The Morgan fingerprint density at radius 3 is 2.72 bits per heavy atom. The van der Waals surface area contributed by atoms with Gasteiger partial charge in [-0.15, -0.1) is 0 Å². The number of fused-ring (bicyclic) bond motifs is 2. The van der Waals surface area contributed by atoms with E-state index in [4.69, 9.17) is 0 Å². The fraction of sp³-hybridized carbons (Fsp3) is 0.391. The fourth-order valence-corrected chi connectivity index (χ4v) is 5.10. The van der Waals surface area contributed by atoms with Crippen molar-refractivity contribution in [2.45, 2.75) is 25.6 Å². The van der Waals surface area contributed by atoms with Crippen molar-refractivity contribution >= 4 is 16.9 Å². The van der Waals surface area contributed by atoms with Crippen molar-refractivity contribution in [3.8, 4) is 0 Å². The zero-order chi connectivity index (χ0) is 19.8. The van der Waals surface area contributed by atoms with Crippen LogP contribution in [0.3, 0.4) is 0 Å². The summed E-state index contributed by atoms with van der Waals surface area (Å²) in [4.78, 5) is 19.9. The summed E-state index contributed by atoms with van der Waals surface area (Å²) in [6.45, 7) is 3.16. The Hall–Kier alpha value is -2.70. The van der Waals surface area contributed by atoms with E-state index in [2.05, 4.69) is 39.5 Å². The van der Waals surface area contributed by atoms with Crippen molar-refractivity contribution < 1.29 is 9.90 Å². The highest BCUT2D eigenvalue weighted by atomic mass is 16.3. The molecule has 2 N–H and O–H groups in total. The third-order valence-electron chi connectivity index (χ3n) is 6.45. The number of aliphatic hydroxyl groups is 1. The minimum Gasteiger partial charge on any atom is -0.388 e. The van der Waals surface area contributed by atoms with Gasteiger partial charge in [0.15, 0.2) is 0 Å². The number of aromatic nitrogens is 2. The number of imidazole rings is 1. The van der Waals surface area contributed by atoms with Gasteiger partial charge < -0.3 is 19.9 Å². The highest BCUT2D eigenvalue weighted by Gasteiger charge is 2.46. The molecule has 2 fully saturated rings. The zero-order valence-corrected chi connectivity index (χ0v) is 16.4. The number of carbonyl (C=O) groups is 1. The van der Waals surface area contributed by atoms with E-state index in [1.54, 1.807) is 0 Å². The molecule has 2 aliphatic heterocycles. The Balaban J connectivity index is 1.38. The highest BCUT2D eigenvalue weighted by molar-refractivity contribution is 5.79. The van der Waals surface area contributed by atoms with Gasteiger partial charge in [0.05, 0.1) is 17.1 Å². The van der Waals surface area contributed by atoms with Crippen molar-refractivity contribution in [3.05, 3.63) is 66.0 Å². The van der Waals surface area contributed by atoms with Crippen LogP contribution >= 0.6 is 0 Å². The van der Waals surface area contributed by atoms with Gasteiger partial charge in [0, 0.05) is 38.5 Å². The molecule has 3 heterocycles. The van der Waals surface area contributed by atoms with Crippen LogP contribution in [0.1, 0.15) is 23.9 Å². The van der Waals surface area contributed by atoms with Crippen LogP contribution in [0.15, 0.2) is 54.6 Å². The van der Waals surface area contributed by atoms with Crippen LogP contribution in [0.2, 0.25) is 0 Å². The van der Waals surface area contributed by atoms with Crippen molar-refractivity contribution in [1.29, 1.82) is 0 Å². The van der Waals surface area contributed by atoms with E-state index in [-0.39, 0.29) is 18.6 Å². The lowest BCUT2D eigenvalue weighted by Gasteiger charge is -2.28. The molecule has 0 spiro atoms. The van der Waals surface area contributed by atoms with Crippen LogP contribution in [-0.2, 0) is 17.9 Å². The number of aliphatic hydroxyl groups excluding tert-OH is 1. The van der Waals surface area contributed by atoms with Crippen LogP contribution in [-0.4, -0.2) is 45.1 Å². The average Bonchev–Trinajstić information content (AvgIpc) is 3.44. The summed E-state index contributed by atoms with van der Waals surface area (Å²) in [6.07, 6.45) is 0.406. The molecule has 1 aromatic heterocycles. The van der Waals surface area contributed by atoms with E-state index in [0.29, 0.717) is 30.6 Å². The molecule has 150 valence electrons. The number of rotatable bonds is 5. The molecule has 29 heavy (non-hydrogen) atoms. The lowest BCUT2D eigenvalue weighted by atomic mass is 9.89. The van der Waals surface area contributed by atoms with Gasteiger partial charge in [-0.3, -0.25) is 4.79 Å². The largest absolute Gasteiger partial charge is 0.388 e. The van der Waals surface area contributed by atoms with Gasteiger partial charge in [-0.1, -0.05) is 42.5 Å². The standard InChI is InChI=1S/C23H26N4O2/c28-15-21-25-19-8-4-5-9-20(19)26(21)11-10-22(29)27-14-17-12-24-13-18(17)23(27)16-6-2-1-3-7-16/h1-9,17-18,23-24,28H,10-15H2/t17-,18-,23+/m0/s1. The Morgan fingerprint density at radius 2 is 1.90 bits per heavy atom. The first kappa shape index (κ1) is 18.3. The third-order valence-corrected chi connectivity index (χ3v) is 6.45. The summed E-state index contributed by atoms with van der Waals surface area (Å²) in [5.41, 5.74) is 3.04.